The number of ketones is 2. The van der Waals surface area contributed by atoms with Crippen LogP contribution in [0.5, 0.6) is 11.5 Å². The van der Waals surface area contributed by atoms with E-state index in [1.807, 2.05) is 44.2 Å². The fourth-order valence-corrected chi connectivity index (χ4v) is 5.53. The maximum absolute atomic E-state index is 13.8. The van der Waals surface area contributed by atoms with Crippen molar-refractivity contribution in [3.05, 3.63) is 112 Å². The van der Waals surface area contributed by atoms with E-state index in [9.17, 15) is 9.59 Å². The Balaban J connectivity index is 1.48. The lowest BCUT2D eigenvalue weighted by Gasteiger charge is -2.25. The highest BCUT2D eigenvalue weighted by Crippen LogP contribution is 2.43. The molecule has 0 bridgehead atoms. The van der Waals surface area contributed by atoms with E-state index in [2.05, 4.69) is 31.3 Å². The summed E-state index contributed by atoms with van der Waals surface area (Å²) in [7, 11) is 0. The molecule has 4 aromatic rings. The number of nitrogens with one attached hydrogen (secondary N) is 1. The first-order chi connectivity index (χ1) is 19.7. The summed E-state index contributed by atoms with van der Waals surface area (Å²) in [5.74, 6) is 1.19. The molecule has 0 atom stereocenters. The number of carbonyl (C=O) groups is 2. The lowest BCUT2D eigenvalue weighted by molar-refractivity contribution is 0.0980. The van der Waals surface area contributed by atoms with Crippen LogP contribution in [0.25, 0.3) is 0 Å². The smallest absolute Gasteiger partial charge is 0.196 e. The van der Waals surface area contributed by atoms with Gasteiger partial charge in [-0.05, 0) is 61.4 Å². The van der Waals surface area contributed by atoms with Crippen LogP contribution in [-0.2, 0) is 6.42 Å². The Labute approximate surface area is 242 Å². The van der Waals surface area contributed by atoms with Gasteiger partial charge in [0.25, 0.3) is 0 Å². The molecular weight excluding hydrogens is 508 g/mol. The van der Waals surface area contributed by atoms with Gasteiger partial charge in [0.05, 0.1) is 22.5 Å². The quantitative estimate of drug-likeness (QED) is 0.135. The number of aryl methyl sites for hydroxylation is 3. The second kappa shape index (κ2) is 12.0. The van der Waals surface area contributed by atoms with Gasteiger partial charge in [-0.1, -0.05) is 87.7 Å². The van der Waals surface area contributed by atoms with E-state index >= 15 is 0 Å². The normalized spacial score (nSPS) is 12.3. The van der Waals surface area contributed by atoms with Gasteiger partial charge in [0, 0.05) is 22.9 Å². The number of ether oxygens (including phenoxy) is 1. The maximum atomic E-state index is 13.8. The molecule has 210 valence electrons. The first kappa shape index (κ1) is 28.2. The summed E-state index contributed by atoms with van der Waals surface area (Å²) in [4.78, 5) is 27.5. The number of carbonyl (C=O) groups excluding carboxylic acids is 2. The molecule has 0 amide bonds. The molecule has 5 rings (SSSR count). The minimum Gasteiger partial charge on any atom is -0.455 e. The number of fused-ring (bicyclic) bond motifs is 2. The average molecular weight is 547 g/mol. The second-order valence-corrected chi connectivity index (χ2v) is 11.4. The van der Waals surface area contributed by atoms with Crippen LogP contribution in [0.4, 0.5) is 17.1 Å². The summed E-state index contributed by atoms with van der Waals surface area (Å²) in [6.07, 6.45) is 5.96. The first-order valence-electron chi connectivity index (χ1n) is 14.5. The van der Waals surface area contributed by atoms with Gasteiger partial charge in [-0.25, -0.2) is 0 Å². The summed E-state index contributed by atoms with van der Waals surface area (Å²) in [6, 6.07) is 22.6. The number of nitrogens with two attached hydrogens (primary N) is 1. The Morgan fingerprint density at radius 3 is 2.05 bits per heavy atom. The van der Waals surface area contributed by atoms with Gasteiger partial charge in [0.1, 0.15) is 5.75 Å². The van der Waals surface area contributed by atoms with Crippen LogP contribution in [-0.4, -0.2) is 11.6 Å². The van der Waals surface area contributed by atoms with Gasteiger partial charge in [0.2, 0.25) is 0 Å². The van der Waals surface area contributed by atoms with E-state index in [-0.39, 0.29) is 28.4 Å². The maximum Gasteiger partial charge on any atom is 0.196 e. The van der Waals surface area contributed by atoms with Crippen LogP contribution in [0.1, 0.15) is 88.1 Å². The predicted octanol–water partition coefficient (Wildman–Crippen LogP) is 8.96. The molecule has 0 unspecified atom stereocenters. The molecule has 0 radical (unpaired) electrons. The van der Waals surface area contributed by atoms with Crippen molar-refractivity contribution in [1.29, 1.82) is 0 Å². The van der Waals surface area contributed by atoms with Crippen molar-refractivity contribution >= 4 is 28.6 Å². The third-order valence-corrected chi connectivity index (χ3v) is 7.84. The van der Waals surface area contributed by atoms with Crippen LogP contribution in [0, 0.1) is 19.8 Å². The fourth-order valence-electron chi connectivity index (χ4n) is 5.53. The zero-order valence-electron chi connectivity index (χ0n) is 24.3. The fraction of sp³-hybridized carbons (Fsp3) is 0.278. The molecule has 3 N–H and O–H groups in total. The zero-order chi connectivity index (χ0) is 29.1. The third-order valence-electron chi connectivity index (χ3n) is 7.84. The highest BCUT2D eigenvalue weighted by molar-refractivity contribution is 6.32. The summed E-state index contributed by atoms with van der Waals surface area (Å²) < 4.78 is 6.28. The van der Waals surface area contributed by atoms with Crippen LogP contribution >= 0.6 is 0 Å². The monoisotopic (exact) mass is 546 g/mol. The van der Waals surface area contributed by atoms with Crippen molar-refractivity contribution < 1.29 is 14.3 Å². The van der Waals surface area contributed by atoms with E-state index < -0.39 is 0 Å². The van der Waals surface area contributed by atoms with E-state index in [1.165, 1.54) is 24.8 Å². The first-order valence-corrected chi connectivity index (χ1v) is 14.5. The van der Waals surface area contributed by atoms with E-state index in [0.717, 1.165) is 35.6 Å². The SMILES string of the molecule is Cc1cccc(C)c1Nc1cc(Oc2ccc(CCCCCC(C)C)cc2)c(N)c2c1C(=O)c1ccccc1C2=O. The number of rotatable bonds is 10. The largest absolute Gasteiger partial charge is 0.455 e. The molecule has 0 aromatic heterocycles. The Bertz CT molecular complexity index is 1580. The number of para-hydroxylation sites is 1. The molecule has 5 nitrogen and oxygen atoms in total. The van der Waals surface area contributed by atoms with Crippen molar-refractivity contribution in [3.8, 4) is 11.5 Å². The second-order valence-electron chi connectivity index (χ2n) is 11.4. The molecule has 4 aromatic carbocycles. The zero-order valence-corrected chi connectivity index (χ0v) is 24.3. The van der Waals surface area contributed by atoms with Gasteiger partial charge < -0.3 is 15.8 Å². The Kier molecular flexibility index (Phi) is 8.25. The van der Waals surface area contributed by atoms with Crippen molar-refractivity contribution in [2.45, 2.75) is 59.8 Å². The number of unbranched alkanes of at least 4 members (excludes halogenated alkanes) is 2. The van der Waals surface area contributed by atoms with Gasteiger partial charge in [-0.3, -0.25) is 9.59 Å². The van der Waals surface area contributed by atoms with Crippen molar-refractivity contribution in [3.63, 3.8) is 0 Å². The highest BCUT2D eigenvalue weighted by Gasteiger charge is 2.35. The number of hydrogen-bond acceptors (Lipinski definition) is 5. The molecule has 41 heavy (non-hydrogen) atoms. The van der Waals surface area contributed by atoms with Gasteiger partial charge in [0.15, 0.2) is 17.3 Å². The van der Waals surface area contributed by atoms with Crippen LogP contribution in [0.3, 0.4) is 0 Å². The molecule has 1 aliphatic rings. The van der Waals surface area contributed by atoms with Crippen LogP contribution in [0.2, 0.25) is 0 Å². The van der Waals surface area contributed by atoms with Crippen molar-refractivity contribution in [2.24, 2.45) is 5.92 Å². The standard InChI is InChI=1S/C36H38N2O3/c1-22(2)11-6-5-7-14-25-17-19-26(20-18-25)41-30-21-29(38-34-23(3)12-10-13-24(34)4)31-32(33(30)37)36(40)28-16-9-8-15-27(28)35(31)39/h8-10,12-13,15-22,38H,5-7,11,14,37H2,1-4H3. The molecule has 0 spiro atoms. The van der Waals surface area contributed by atoms with E-state index in [4.69, 9.17) is 10.5 Å². The Morgan fingerprint density at radius 1 is 0.780 bits per heavy atom. The van der Waals surface area contributed by atoms with Crippen LogP contribution < -0.4 is 15.8 Å². The number of benzene rings is 4. The minimum absolute atomic E-state index is 0.161. The van der Waals surface area contributed by atoms with E-state index in [0.29, 0.717) is 28.3 Å². The summed E-state index contributed by atoms with van der Waals surface area (Å²) in [5, 5.41) is 3.44. The lowest BCUT2D eigenvalue weighted by atomic mass is 9.82. The highest BCUT2D eigenvalue weighted by atomic mass is 16.5. The van der Waals surface area contributed by atoms with Gasteiger partial charge >= 0.3 is 0 Å². The summed E-state index contributed by atoms with van der Waals surface area (Å²) in [6.45, 7) is 8.54. The Morgan fingerprint density at radius 2 is 1.41 bits per heavy atom. The summed E-state index contributed by atoms with van der Waals surface area (Å²) in [5.41, 5.74) is 12.6. The molecular formula is C36H38N2O3. The summed E-state index contributed by atoms with van der Waals surface area (Å²) >= 11 is 0. The molecule has 5 heteroatoms. The predicted molar refractivity (Wildman–Crippen MR) is 167 cm³/mol. The number of hydrogen-bond donors (Lipinski definition) is 2. The average Bonchev–Trinajstić information content (AvgIpc) is 2.95. The Hall–Kier alpha value is -4.38. The van der Waals surface area contributed by atoms with Gasteiger partial charge in [-0.15, -0.1) is 0 Å². The number of nitrogen functional groups attached to an aromatic ring is 1. The number of anilines is 3. The molecule has 0 saturated heterocycles. The van der Waals surface area contributed by atoms with Crippen molar-refractivity contribution in [2.75, 3.05) is 11.1 Å². The van der Waals surface area contributed by atoms with Crippen molar-refractivity contribution in [1.82, 2.24) is 0 Å². The lowest BCUT2D eigenvalue weighted by Crippen LogP contribution is -2.24. The molecule has 0 aliphatic heterocycles. The topological polar surface area (TPSA) is 81.4 Å². The van der Waals surface area contributed by atoms with Gasteiger partial charge in [-0.2, -0.15) is 0 Å². The molecule has 1 aliphatic carbocycles. The molecule has 0 fully saturated rings. The molecule has 0 heterocycles. The van der Waals surface area contributed by atoms with E-state index in [1.54, 1.807) is 30.3 Å². The third kappa shape index (κ3) is 5.90. The minimum atomic E-state index is -0.282. The molecule has 0 saturated carbocycles. The van der Waals surface area contributed by atoms with Crippen LogP contribution in [0.15, 0.2) is 72.8 Å².